The Balaban J connectivity index is 2.20. The highest BCUT2D eigenvalue weighted by atomic mass is 19.1. The number of anilines is 1. The lowest BCUT2D eigenvalue weighted by molar-refractivity contribution is 0.182. The van der Waals surface area contributed by atoms with Gasteiger partial charge in [0.15, 0.2) is 0 Å². The molecule has 0 bridgehead atoms. The van der Waals surface area contributed by atoms with E-state index in [-0.39, 0.29) is 5.82 Å². The molecule has 1 unspecified atom stereocenters. The van der Waals surface area contributed by atoms with Gasteiger partial charge in [-0.15, -0.1) is 0 Å². The Bertz CT molecular complexity index is 612. The van der Waals surface area contributed by atoms with Crippen LogP contribution in [0, 0.1) is 19.7 Å². The summed E-state index contributed by atoms with van der Waals surface area (Å²) in [6.45, 7) is 7.00. The molecule has 0 aliphatic rings. The van der Waals surface area contributed by atoms with Crippen LogP contribution in [0.1, 0.15) is 29.7 Å². The van der Waals surface area contributed by atoms with E-state index < -0.39 is 6.10 Å². The average molecular weight is 287 g/mol. The van der Waals surface area contributed by atoms with Crippen molar-refractivity contribution in [2.75, 3.05) is 18.0 Å². The number of likely N-dealkylation sites (N-methyl/N-ethyl adjacent to an activating group) is 1. The lowest BCUT2D eigenvalue weighted by Crippen LogP contribution is -2.29. The fraction of sp³-hybridized carbons (Fsp3) is 0.333. The summed E-state index contributed by atoms with van der Waals surface area (Å²) < 4.78 is 13.9. The van der Waals surface area contributed by atoms with Crippen LogP contribution >= 0.6 is 0 Å². The highest BCUT2D eigenvalue weighted by molar-refractivity contribution is 5.48. The Kier molecular flexibility index (Phi) is 4.97. The predicted octanol–water partition coefficient (Wildman–Crippen LogP) is 4.00. The van der Waals surface area contributed by atoms with Crippen LogP contribution in [0.5, 0.6) is 0 Å². The van der Waals surface area contributed by atoms with E-state index in [0.717, 1.165) is 11.1 Å². The quantitative estimate of drug-likeness (QED) is 0.898. The standard InChI is InChI=1S/C18H22FNO/c1-4-20(17-8-6-5-7-16(17)19)12-18(21)15-10-9-13(2)11-14(15)3/h5-11,18,21H,4,12H2,1-3H3. The van der Waals surface area contributed by atoms with Gasteiger partial charge in [0, 0.05) is 13.1 Å². The molecule has 0 aromatic heterocycles. The first-order chi connectivity index (χ1) is 10.0. The number of nitrogens with zero attached hydrogens (tertiary/aromatic N) is 1. The third-order valence-electron chi connectivity index (χ3n) is 3.75. The number of hydrogen-bond acceptors (Lipinski definition) is 2. The Hall–Kier alpha value is -1.87. The van der Waals surface area contributed by atoms with Crippen molar-refractivity contribution < 1.29 is 9.50 Å². The monoisotopic (exact) mass is 287 g/mol. The van der Waals surface area contributed by atoms with Gasteiger partial charge in [0.05, 0.1) is 11.8 Å². The zero-order valence-electron chi connectivity index (χ0n) is 12.8. The molecule has 0 aliphatic heterocycles. The molecule has 3 heteroatoms. The zero-order chi connectivity index (χ0) is 15.4. The number of aliphatic hydroxyl groups is 1. The van der Waals surface area contributed by atoms with Gasteiger partial charge in [0.1, 0.15) is 5.82 Å². The number of hydrogen-bond donors (Lipinski definition) is 1. The number of aliphatic hydroxyl groups excluding tert-OH is 1. The Morgan fingerprint density at radius 3 is 2.48 bits per heavy atom. The summed E-state index contributed by atoms with van der Waals surface area (Å²) in [5, 5.41) is 10.5. The van der Waals surface area contributed by atoms with Crippen molar-refractivity contribution in [3.63, 3.8) is 0 Å². The van der Waals surface area contributed by atoms with Gasteiger partial charge in [-0.3, -0.25) is 0 Å². The molecule has 1 atom stereocenters. The van der Waals surface area contributed by atoms with Crippen LogP contribution in [0.3, 0.4) is 0 Å². The second-order valence-electron chi connectivity index (χ2n) is 5.37. The predicted molar refractivity (Wildman–Crippen MR) is 85.2 cm³/mol. The molecular weight excluding hydrogens is 265 g/mol. The largest absolute Gasteiger partial charge is 0.387 e. The molecule has 2 aromatic carbocycles. The van der Waals surface area contributed by atoms with E-state index in [1.807, 2.05) is 43.9 Å². The highest BCUT2D eigenvalue weighted by Crippen LogP contribution is 2.24. The third-order valence-corrected chi connectivity index (χ3v) is 3.75. The molecule has 0 aliphatic carbocycles. The SMILES string of the molecule is CCN(CC(O)c1ccc(C)cc1C)c1ccccc1F. The van der Waals surface area contributed by atoms with Crippen molar-refractivity contribution in [2.45, 2.75) is 26.9 Å². The minimum atomic E-state index is -0.634. The first kappa shape index (κ1) is 15.5. The normalized spacial score (nSPS) is 12.2. The maximum absolute atomic E-state index is 13.9. The summed E-state index contributed by atoms with van der Waals surface area (Å²) in [7, 11) is 0. The third kappa shape index (κ3) is 3.61. The molecule has 112 valence electrons. The van der Waals surface area contributed by atoms with Crippen molar-refractivity contribution in [1.29, 1.82) is 0 Å². The van der Waals surface area contributed by atoms with Crippen molar-refractivity contribution in [1.82, 2.24) is 0 Å². The van der Waals surface area contributed by atoms with Gasteiger partial charge in [0.25, 0.3) is 0 Å². The zero-order valence-corrected chi connectivity index (χ0v) is 12.8. The Morgan fingerprint density at radius 2 is 1.86 bits per heavy atom. The second kappa shape index (κ2) is 6.72. The minimum Gasteiger partial charge on any atom is -0.387 e. The van der Waals surface area contributed by atoms with Crippen LogP contribution < -0.4 is 4.90 Å². The molecule has 21 heavy (non-hydrogen) atoms. The highest BCUT2D eigenvalue weighted by Gasteiger charge is 2.16. The number of aryl methyl sites for hydroxylation is 2. The van der Waals surface area contributed by atoms with E-state index in [1.165, 1.54) is 11.6 Å². The molecular formula is C18H22FNO. The minimum absolute atomic E-state index is 0.257. The smallest absolute Gasteiger partial charge is 0.146 e. The average Bonchev–Trinajstić information content (AvgIpc) is 2.45. The van der Waals surface area contributed by atoms with E-state index in [9.17, 15) is 9.50 Å². The van der Waals surface area contributed by atoms with Crippen LogP contribution in [0.2, 0.25) is 0 Å². The van der Waals surface area contributed by atoms with Crippen LogP contribution in [0.4, 0.5) is 10.1 Å². The van der Waals surface area contributed by atoms with Gasteiger partial charge in [-0.05, 0) is 44.0 Å². The van der Waals surface area contributed by atoms with Crippen LogP contribution in [-0.4, -0.2) is 18.2 Å². The Labute approximate surface area is 125 Å². The second-order valence-corrected chi connectivity index (χ2v) is 5.37. The number of rotatable bonds is 5. The van der Waals surface area contributed by atoms with Gasteiger partial charge in [-0.25, -0.2) is 4.39 Å². The molecule has 2 rings (SSSR count). The fourth-order valence-corrected chi connectivity index (χ4v) is 2.61. The summed E-state index contributed by atoms with van der Waals surface area (Å²) in [5.41, 5.74) is 3.66. The lowest BCUT2D eigenvalue weighted by atomic mass is 10.0. The molecule has 0 saturated heterocycles. The molecule has 0 fully saturated rings. The van der Waals surface area contributed by atoms with E-state index in [2.05, 4.69) is 6.07 Å². The molecule has 1 N–H and O–H groups in total. The maximum atomic E-state index is 13.9. The van der Waals surface area contributed by atoms with Crippen LogP contribution in [0.25, 0.3) is 0 Å². The van der Waals surface area contributed by atoms with E-state index in [0.29, 0.717) is 18.8 Å². The van der Waals surface area contributed by atoms with E-state index >= 15 is 0 Å². The summed E-state index contributed by atoms with van der Waals surface area (Å²) >= 11 is 0. The van der Waals surface area contributed by atoms with Gasteiger partial charge in [-0.2, -0.15) is 0 Å². The maximum Gasteiger partial charge on any atom is 0.146 e. The first-order valence-electron chi connectivity index (χ1n) is 7.27. The molecule has 0 amide bonds. The van der Waals surface area contributed by atoms with Gasteiger partial charge in [0.2, 0.25) is 0 Å². The topological polar surface area (TPSA) is 23.5 Å². The van der Waals surface area contributed by atoms with Crippen molar-refractivity contribution in [3.05, 3.63) is 65.0 Å². The van der Waals surface area contributed by atoms with Crippen LogP contribution in [-0.2, 0) is 0 Å². The summed E-state index contributed by atoms with van der Waals surface area (Å²) in [6, 6.07) is 12.7. The molecule has 2 nitrogen and oxygen atoms in total. The first-order valence-corrected chi connectivity index (χ1v) is 7.27. The molecule has 0 saturated carbocycles. The van der Waals surface area contributed by atoms with Crippen molar-refractivity contribution in [2.24, 2.45) is 0 Å². The molecule has 0 radical (unpaired) electrons. The molecule has 0 heterocycles. The van der Waals surface area contributed by atoms with Crippen LogP contribution in [0.15, 0.2) is 42.5 Å². The van der Waals surface area contributed by atoms with Crippen molar-refractivity contribution >= 4 is 5.69 Å². The molecule has 0 spiro atoms. The van der Waals surface area contributed by atoms with Gasteiger partial charge in [-0.1, -0.05) is 35.9 Å². The van der Waals surface area contributed by atoms with E-state index in [4.69, 9.17) is 0 Å². The fourth-order valence-electron chi connectivity index (χ4n) is 2.61. The van der Waals surface area contributed by atoms with Gasteiger partial charge < -0.3 is 10.0 Å². The summed E-state index contributed by atoms with van der Waals surface area (Å²) in [5.74, 6) is -0.257. The summed E-state index contributed by atoms with van der Waals surface area (Å²) in [4.78, 5) is 1.86. The summed E-state index contributed by atoms with van der Waals surface area (Å²) in [6.07, 6.45) is -0.634. The number of halogens is 1. The number of para-hydroxylation sites is 1. The van der Waals surface area contributed by atoms with Gasteiger partial charge >= 0.3 is 0 Å². The van der Waals surface area contributed by atoms with Crippen molar-refractivity contribution in [3.8, 4) is 0 Å². The number of benzene rings is 2. The molecule has 2 aromatic rings. The Morgan fingerprint density at radius 1 is 1.14 bits per heavy atom. The lowest BCUT2D eigenvalue weighted by Gasteiger charge is -2.27. The van der Waals surface area contributed by atoms with E-state index in [1.54, 1.807) is 12.1 Å².